The van der Waals surface area contributed by atoms with Crippen molar-refractivity contribution in [3.63, 3.8) is 0 Å². The van der Waals surface area contributed by atoms with Gasteiger partial charge in [-0.15, -0.1) is 11.8 Å². The summed E-state index contributed by atoms with van der Waals surface area (Å²) in [6.45, 7) is 1.83. The Balaban J connectivity index is 2.54. The fourth-order valence-corrected chi connectivity index (χ4v) is 1.94. The quantitative estimate of drug-likeness (QED) is 0.817. The highest BCUT2D eigenvalue weighted by Crippen LogP contribution is 2.22. The highest BCUT2D eigenvalue weighted by molar-refractivity contribution is 6.35. The predicted molar refractivity (Wildman–Crippen MR) is 70.8 cm³/mol. The van der Waals surface area contributed by atoms with Crippen molar-refractivity contribution in [3.8, 4) is 11.8 Å². The summed E-state index contributed by atoms with van der Waals surface area (Å²) in [5.74, 6) is 5.86. The molecule has 0 bridgehead atoms. The minimum atomic E-state index is 0.0968. The molecule has 0 amide bonds. The molecule has 0 radical (unpaired) electrons. The Labute approximate surface area is 107 Å². The molecule has 1 rings (SSSR count). The number of benzene rings is 1. The second-order valence-electron chi connectivity index (χ2n) is 3.67. The molecule has 16 heavy (non-hydrogen) atoms. The second kappa shape index (κ2) is 6.81. The molecule has 1 aromatic rings. The molecular formula is C13H15Cl2N. The van der Waals surface area contributed by atoms with E-state index in [4.69, 9.17) is 28.9 Å². The second-order valence-corrected chi connectivity index (χ2v) is 4.51. The van der Waals surface area contributed by atoms with Crippen LogP contribution in [0, 0.1) is 11.8 Å². The largest absolute Gasteiger partial charge is 0.327 e. The Hall–Kier alpha value is -0.680. The zero-order valence-corrected chi connectivity index (χ0v) is 10.8. The van der Waals surface area contributed by atoms with Crippen molar-refractivity contribution in [1.29, 1.82) is 0 Å². The average molecular weight is 256 g/mol. The van der Waals surface area contributed by atoms with Crippen molar-refractivity contribution in [1.82, 2.24) is 0 Å². The van der Waals surface area contributed by atoms with E-state index in [2.05, 4.69) is 11.8 Å². The van der Waals surface area contributed by atoms with Gasteiger partial charge < -0.3 is 5.73 Å². The Kier molecular flexibility index (Phi) is 5.69. The van der Waals surface area contributed by atoms with Crippen LogP contribution >= 0.6 is 23.2 Å². The fourth-order valence-electron chi connectivity index (χ4n) is 1.45. The van der Waals surface area contributed by atoms with Gasteiger partial charge in [0.05, 0.1) is 0 Å². The first-order valence-corrected chi connectivity index (χ1v) is 5.98. The van der Waals surface area contributed by atoms with Gasteiger partial charge >= 0.3 is 0 Å². The van der Waals surface area contributed by atoms with Crippen LogP contribution in [0.25, 0.3) is 0 Å². The molecule has 0 saturated carbocycles. The van der Waals surface area contributed by atoms with Crippen molar-refractivity contribution in [2.24, 2.45) is 5.73 Å². The van der Waals surface area contributed by atoms with Crippen molar-refractivity contribution in [2.75, 3.05) is 0 Å². The average Bonchev–Trinajstić information content (AvgIpc) is 2.23. The van der Waals surface area contributed by atoms with Crippen LogP contribution in [0.3, 0.4) is 0 Å². The summed E-state index contributed by atoms with van der Waals surface area (Å²) in [6.07, 6.45) is 2.49. The lowest BCUT2D eigenvalue weighted by Crippen LogP contribution is -2.22. The molecule has 1 nitrogen and oxygen atoms in total. The Bertz CT molecular complexity index is 404. The smallest absolute Gasteiger partial charge is 0.0453 e. The molecule has 0 saturated heterocycles. The van der Waals surface area contributed by atoms with E-state index in [0.717, 1.165) is 24.8 Å². The van der Waals surface area contributed by atoms with E-state index in [1.54, 1.807) is 6.07 Å². The normalized spacial score (nSPS) is 11.8. The number of hydrogen-bond acceptors (Lipinski definition) is 1. The molecule has 0 spiro atoms. The van der Waals surface area contributed by atoms with Gasteiger partial charge in [0.2, 0.25) is 0 Å². The molecule has 86 valence electrons. The molecule has 2 N–H and O–H groups in total. The fraction of sp³-hybridized carbons (Fsp3) is 0.385. The molecular weight excluding hydrogens is 241 g/mol. The molecule has 0 aliphatic heterocycles. The lowest BCUT2D eigenvalue weighted by Gasteiger charge is -2.11. The summed E-state index contributed by atoms with van der Waals surface area (Å²) in [5, 5.41) is 1.34. The summed E-state index contributed by atoms with van der Waals surface area (Å²) in [4.78, 5) is 0. The van der Waals surface area contributed by atoms with E-state index in [-0.39, 0.29) is 6.04 Å². The Morgan fingerprint density at radius 3 is 2.75 bits per heavy atom. The molecule has 1 atom stereocenters. The van der Waals surface area contributed by atoms with Gasteiger partial charge in [-0.2, -0.15) is 0 Å². The lowest BCUT2D eigenvalue weighted by atomic mass is 10.0. The van der Waals surface area contributed by atoms with Gasteiger partial charge in [0, 0.05) is 22.5 Å². The number of nitrogens with two attached hydrogens (primary N) is 1. The third kappa shape index (κ3) is 4.45. The van der Waals surface area contributed by atoms with Gasteiger partial charge in [-0.3, -0.25) is 0 Å². The number of hydrogen-bond donors (Lipinski definition) is 1. The summed E-state index contributed by atoms with van der Waals surface area (Å²) >= 11 is 11.9. The highest BCUT2D eigenvalue weighted by Gasteiger charge is 2.07. The van der Waals surface area contributed by atoms with Crippen LogP contribution in [-0.4, -0.2) is 6.04 Å². The van der Waals surface area contributed by atoms with Gasteiger partial charge in [0.15, 0.2) is 0 Å². The summed E-state index contributed by atoms with van der Waals surface area (Å²) in [5.41, 5.74) is 7.04. The van der Waals surface area contributed by atoms with E-state index in [9.17, 15) is 0 Å². The van der Waals surface area contributed by atoms with Crippen molar-refractivity contribution < 1.29 is 0 Å². The van der Waals surface area contributed by atoms with Gasteiger partial charge in [-0.25, -0.2) is 0 Å². The van der Waals surface area contributed by atoms with Crippen LogP contribution < -0.4 is 5.73 Å². The van der Waals surface area contributed by atoms with Crippen molar-refractivity contribution >= 4 is 23.2 Å². The van der Waals surface area contributed by atoms with Crippen molar-refractivity contribution in [3.05, 3.63) is 33.8 Å². The van der Waals surface area contributed by atoms with Crippen molar-refractivity contribution in [2.45, 2.75) is 32.2 Å². The molecule has 0 aliphatic rings. The minimum Gasteiger partial charge on any atom is -0.327 e. The van der Waals surface area contributed by atoms with Crippen LogP contribution in [0.2, 0.25) is 10.0 Å². The third-order valence-corrected chi connectivity index (χ3v) is 2.90. The van der Waals surface area contributed by atoms with Crippen LogP contribution in [-0.2, 0) is 6.42 Å². The summed E-state index contributed by atoms with van der Waals surface area (Å²) < 4.78 is 0. The molecule has 1 unspecified atom stereocenters. The molecule has 0 fully saturated rings. The maximum absolute atomic E-state index is 6.07. The van der Waals surface area contributed by atoms with Gasteiger partial charge in [0.1, 0.15) is 0 Å². The van der Waals surface area contributed by atoms with E-state index in [1.807, 2.05) is 19.1 Å². The highest BCUT2D eigenvalue weighted by atomic mass is 35.5. The predicted octanol–water partition coefficient (Wildman–Crippen LogP) is 3.67. The summed E-state index contributed by atoms with van der Waals surface area (Å²) in [6, 6.07) is 5.61. The van der Waals surface area contributed by atoms with Gasteiger partial charge in [-0.1, -0.05) is 29.3 Å². The molecule has 0 aromatic heterocycles. The zero-order chi connectivity index (χ0) is 12.0. The van der Waals surface area contributed by atoms with E-state index in [1.165, 1.54) is 0 Å². The van der Waals surface area contributed by atoms with E-state index in [0.29, 0.717) is 10.0 Å². The first kappa shape index (κ1) is 13.4. The first-order chi connectivity index (χ1) is 7.63. The number of rotatable bonds is 4. The Morgan fingerprint density at radius 2 is 2.12 bits per heavy atom. The first-order valence-electron chi connectivity index (χ1n) is 5.22. The van der Waals surface area contributed by atoms with E-state index < -0.39 is 0 Å². The van der Waals surface area contributed by atoms with E-state index >= 15 is 0 Å². The Morgan fingerprint density at radius 1 is 1.38 bits per heavy atom. The minimum absolute atomic E-state index is 0.0968. The third-order valence-electron chi connectivity index (χ3n) is 2.31. The van der Waals surface area contributed by atoms with Crippen LogP contribution in [0.15, 0.2) is 18.2 Å². The summed E-state index contributed by atoms with van der Waals surface area (Å²) in [7, 11) is 0. The van der Waals surface area contributed by atoms with Gasteiger partial charge in [-0.05, 0) is 37.5 Å². The van der Waals surface area contributed by atoms with Crippen LogP contribution in [0.1, 0.15) is 25.3 Å². The topological polar surface area (TPSA) is 26.0 Å². The molecule has 0 aliphatic carbocycles. The number of halogens is 2. The molecule has 3 heteroatoms. The standard InChI is InChI=1S/C13H15Cl2N/c1-2-3-4-5-12(16)8-10-6-7-11(14)9-13(10)15/h6-7,9,12H,4-5,8,16H2,1H3. The SMILES string of the molecule is CC#CCCC(N)Cc1ccc(Cl)cc1Cl. The maximum Gasteiger partial charge on any atom is 0.0453 e. The lowest BCUT2D eigenvalue weighted by molar-refractivity contribution is 0.623. The monoisotopic (exact) mass is 255 g/mol. The molecule has 1 aromatic carbocycles. The maximum atomic E-state index is 6.07. The van der Waals surface area contributed by atoms with Crippen LogP contribution in [0.4, 0.5) is 0 Å². The van der Waals surface area contributed by atoms with Crippen LogP contribution in [0.5, 0.6) is 0 Å². The molecule has 0 heterocycles. The zero-order valence-electron chi connectivity index (χ0n) is 9.26. The van der Waals surface area contributed by atoms with Gasteiger partial charge in [0.25, 0.3) is 0 Å².